The van der Waals surface area contributed by atoms with Gasteiger partial charge in [-0.25, -0.2) is 4.98 Å². The quantitative estimate of drug-likeness (QED) is 0.490. The van der Waals surface area contributed by atoms with Crippen molar-refractivity contribution in [1.29, 1.82) is 0 Å². The third-order valence-electron chi connectivity index (χ3n) is 5.48. The number of nitrogens with two attached hydrogens (primary N) is 1. The van der Waals surface area contributed by atoms with Crippen LogP contribution in [0.3, 0.4) is 0 Å². The maximum atomic E-state index is 9.88. The number of hydrogen-bond acceptors (Lipinski definition) is 6. The van der Waals surface area contributed by atoms with E-state index >= 15 is 0 Å². The number of imidazole rings is 1. The number of fused-ring (bicyclic) bond motifs is 2. The number of hydrogen-bond donors (Lipinski definition) is 2. The first kappa shape index (κ1) is 18.1. The van der Waals surface area contributed by atoms with Crippen LogP contribution in [0.2, 0.25) is 5.15 Å². The molecule has 0 amide bonds. The van der Waals surface area contributed by atoms with Crippen LogP contribution in [0, 0.1) is 0 Å². The number of aromatic nitrogens is 6. The van der Waals surface area contributed by atoms with Crippen LogP contribution in [0.15, 0.2) is 42.9 Å². The molecule has 3 N–H and O–H groups in total. The minimum Gasteiger partial charge on any atom is -0.396 e. The molecule has 0 saturated heterocycles. The normalized spacial score (nSPS) is 18.4. The van der Waals surface area contributed by atoms with Crippen LogP contribution in [0.1, 0.15) is 35.1 Å². The van der Waals surface area contributed by atoms with Gasteiger partial charge >= 0.3 is 0 Å². The first-order valence-corrected chi connectivity index (χ1v) is 9.86. The van der Waals surface area contributed by atoms with Crippen LogP contribution in [0.5, 0.6) is 0 Å². The predicted octanol–water partition coefficient (Wildman–Crippen LogP) is 2.57. The van der Waals surface area contributed by atoms with E-state index < -0.39 is 0 Å². The molecule has 0 saturated carbocycles. The first-order chi connectivity index (χ1) is 14.1. The van der Waals surface area contributed by atoms with E-state index in [1.165, 1.54) is 5.56 Å². The summed E-state index contributed by atoms with van der Waals surface area (Å²) >= 11 is 6.15. The third kappa shape index (κ3) is 3.24. The fraction of sp³-hybridized carbons (Fsp3) is 0.300. The number of anilines is 1. The van der Waals surface area contributed by atoms with Crippen molar-refractivity contribution in [3.05, 3.63) is 64.8 Å². The number of benzene rings is 1. The second-order valence-electron chi connectivity index (χ2n) is 7.41. The van der Waals surface area contributed by atoms with E-state index in [4.69, 9.17) is 22.4 Å². The molecule has 1 aromatic carbocycles. The van der Waals surface area contributed by atoms with Gasteiger partial charge in [-0.05, 0) is 17.5 Å². The first-order valence-electron chi connectivity index (χ1n) is 9.48. The van der Waals surface area contributed by atoms with Crippen LogP contribution in [0.4, 0.5) is 5.95 Å². The smallest absolute Gasteiger partial charge is 0.223 e. The van der Waals surface area contributed by atoms with Gasteiger partial charge in [-0.2, -0.15) is 15.1 Å². The van der Waals surface area contributed by atoms with Gasteiger partial charge < -0.3 is 15.4 Å². The summed E-state index contributed by atoms with van der Waals surface area (Å²) in [6.07, 6.45) is 4.64. The minimum absolute atomic E-state index is 0.0325. The van der Waals surface area contributed by atoms with Crippen LogP contribution >= 0.6 is 11.6 Å². The zero-order chi connectivity index (χ0) is 20.0. The maximum Gasteiger partial charge on any atom is 0.223 e. The van der Waals surface area contributed by atoms with Crippen LogP contribution in [-0.2, 0) is 13.1 Å². The van der Waals surface area contributed by atoms with Crippen molar-refractivity contribution in [1.82, 2.24) is 29.3 Å². The van der Waals surface area contributed by atoms with E-state index in [-0.39, 0.29) is 29.5 Å². The van der Waals surface area contributed by atoms with E-state index in [0.717, 1.165) is 17.7 Å². The molecule has 0 fully saturated rings. The highest BCUT2D eigenvalue weighted by Gasteiger charge is 2.34. The van der Waals surface area contributed by atoms with Crippen molar-refractivity contribution in [2.24, 2.45) is 0 Å². The molecule has 5 rings (SSSR count). The molecule has 0 aliphatic heterocycles. The topological polar surface area (TPSA) is 108 Å². The van der Waals surface area contributed by atoms with Gasteiger partial charge in [0.25, 0.3) is 0 Å². The number of aliphatic hydroxyl groups excluding tert-OH is 1. The largest absolute Gasteiger partial charge is 0.396 e. The Kier molecular flexibility index (Phi) is 4.44. The van der Waals surface area contributed by atoms with E-state index in [9.17, 15) is 5.11 Å². The van der Waals surface area contributed by atoms with Crippen LogP contribution < -0.4 is 5.73 Å². The second kappa shape index (κ2) is 7.13. The summed E-state index contributed by atoms with van der Waals surface area (Å²) in [5, 5.41) is 14.9. The van der Waals surface area contributed by atoms with Gasteiger partial charge in [-0.15, -0.1) is 0 Å². The zero-order valence-corrected chi connectivity index (χ0v) is 16.4. The van der Waals surface area contributed by atoms with Gasteiger partial charge in [0.05, 0.1) is 25.2 Å². The van der Waals surface area contributed by atoms with Crippen molar-refractivity contribution in [2.75, 3.05) is 12.3 Å². The van der Waals surface area contributed by atoms with Gasteiger partial charge in [0, 0.05) is 24.6 Å². The number of nitrogen functional groups attached to an aromatic ring is 1. The molecule has 0 bridgehead atoms. The lowest BCUT2D eigenvalue weighted by atomic mass is 10.0. The standard InChI is InChI=1S/C20H20ClN7O/c21-18-17-19(25-20(22)24-18)27(11-23-17)8-13-6-14(10-29)16-15(13)9-28(26-16)7-12-4-2-1-3-5-12/h1-5,9,11,13-14,29H,6-8,10H2,(H2,22,24,25)/t13-,14+/m0/s1. The summed E-state index contributed by atoms with van der Waals surface area (Å²) in [4.78, 5) is 12.6. The second-order valence-corrected chi connectivity index (χ2v) is 7.76. The van der Waals surface area contributed by atoms with E-state index in [2.05, 4.69) is 33.3 Å². The van der Waals surface area contributed by atoms with Crippen molar-refractivity contribution < 1.29 is 5.11 Å². The summed E-state index contributed by atoms with van der Waals surface area (Å²) in [5.74, 6) is 0.351. The molecular weight excluding hydrogens is 390 g/mol. The van der Waals surface area contributed by atoms with Crippen molar-refractivity contribution >= 4 is 28.7 Å². The van der Waals surface area contributed by atoms with Gasteiger partial charge in [0.2, 0.25) is 5.95 Å². The molecule has 0 spiro atoms. The van der Waals surface area contributed by atoms with Gasteiger partial charge in [-0.1, -0.05) is 41.9 Å². The SMILES string of the molecule is Nc1nc(Cl)c2ncn(C[C@@H]3C[C@H](CO)c4nn(Cc5ccccc5)cc43)c2n1. The van der Waals surface area contributed by atoms with Gasteiger partial charge in [-0.3, -0.25) is 4.68 Å². The molecule has 148 valence electrons. The Balaban J connectivity index is 1.46. The average molecular weight is 410 g/mol. The number of nitrogens with zero attached hydrogens (tertiary/aromatic N) is 6. The van der Waals surface area contributed by atoms with Crippen molar-refractivity contribution in [3.63, 3.8) is 0 Å². The molecule has 9 heteroatoms. The Bertz CT molecular complexity index is 1170. The lowest BCUT2D eigenvalue weighted by Crippen LogP contribution is -2.10. The molecular formula is C20H20ClN7O. The molecule has 29 heavy (non-hydrogen) atoms. The summed E-state index contributed by atoms with van der Waals surface area (Å²) in [6.45, 7) is 1.44. The fourth-order valence-corrected chi connectivity index (χ4v) is 4.37. The minimum atomic E-state index is 0.0325. The highest BCUT2D eigenvalue weighted by atomic mass is 35.5. The molecule has 3 heterocycles. The van der Waals surface area contributed by atoms with Crippen molar-refractivity contribution in [3.8, 4) is 0 Å². The summed E-state index contributed by atoms with van der Waals surface area (Å²) in [7, 11) is 0. The Labute approximate surface area is 172 Å². The molecule has 0 radical (unpaired) electrons. The lowest BCUT2D eigenvalue weighted by Gasteiger charge is -2.13. The summed E-state index contributed by atoms with van der Waals surface area (Å²) < 4.78 is 3.90. The predicted molar refractivity (Wildman–Crippen MR) is 110 cm³/mol. The molecule has 3 aromatic heterocycles. The Morgan fingerprint density at radius 3 is 2.79 bits per heavy atom. The van der Waals surface area contributed by atoms with Gasteiger partial charge in [0.15, 0.2) is 10.8 Å². The number of halogens is 1. The highest BCUT2D eigenvalue weighted by molar-refractivity contribution is 6.33. The Hall–Kier alpha value is -2.97. The van der Waals surface area contributed by atoms with Crippen molar-refractivity contribution in [2.45, 2.75) is 31.3 Å². The van der Waals surface area contributed by atoms with Crippen LogP contribution in [0.25, 0.3) is 11.2 Å². The summed E-state index contributed by atoms with van der Waals surface area (Å²) in [5.41, 5.74) is 10.2. The van der Waals surface area contributed by atoms with E-state index in [1.807, 2.05) is 27.4 Å². The van der Waals surface area contributed by atoms with Gasteiger partial charge in [0.1, 0.15) is 5.52 Å². The van der Waals surface area contributed by atoms with Crippen LogP contribution in [-0.4, -0.2) is 41.0 Å². The fourth-order valence-electron chi connectivity index (χ4n) is 4.15. The highest BCUT2D eigenvalue weighted by Crippen LogP contribution is 2.42. The average Bonchev–Trinajstić information content (AvgIpc) is 3.38. The Morgan fingerprint density at radius 1 is 1.17 bits per heavy atom. The molecule has 2 atom stereocenters. The van der Waals surface area contributed by atoms with E-state index in [0.29, 0.717) is 24.3 Å². The molecule has 4 aromatic rings. The number of rotatable bonds is 5. The molecule has 1 aliphatic carbocycles. The lowest BCUT2D eigenvalue weighted by molar-refractivity contribution is 0.256. The monoisotopic (exact) mass is 409 g/mol. The maximum absolute atomic E-state index is 9.88. The zero-order valence-electron chi connectivity index (χ0n) is 15.6. The number of aliphatic hydroxyl groups is 1. The van der Waals surface area contributed by atoms with E-state index in [1.54, 1.807) is 6.33 Å². The molecule has 1 aliphatic rings. The summed E-state index contributed by atoms with van der Waals surface area (Å²) in [6, 6.07) is 10.2. The molecule has 0 unspecified atom stereocenters. The Morgan fingerprint density at radius 2 is 2.00 bits per heavy atom. The third-order valence-corrected chi connectivity index (χ3v) is 5.74. The molecule has 8 nitrogen and oxygen atoms in total.